The lowest BCUT2D eigenvalue weighted by Gasteiger charge is -2.33. The molecule has 1 aromatic heterocycles. The molecule has 3 rings (SSSR count). The van der Waals surface area contributed by atoms with E-state index in [1.165, 1.54) is 32.1 Å². The van der Waals surface area contributed by atoms with E-state index in [-0.39, 0.29) is 0 Å². The summed E-state index contributed by atoms with van der Waals surface area (Å²) in [4.78, 5) is 6.93. The van der Waals surface area contributed by atoms with E-state index >= 15 is 0 Å². The molecule has 0 amide bonds. The van der Waals surface area contributed by atoms with Crippen LogP contribution < -0.4 is 4.74 Å². The number of nitrogens with one attached hydrogen (secondary N) is 1. The van der Waals surface area contributed by atoms with E-state index in [0.29, 0.717) is 16.3 Å². The molecule has 2 aromatic rings. The van der Waals surface area contributed by atoms with Crippen molar-refractivity contribution in [3.63, 3.8) is 0 Å². The molecular formula is C18H24N2O2S. The minimum absolute atomic E-state index is 0.317. The van der Waals surface area contributed by atoms with Gasteiger partial charge in [-0.25, -0.2) is 4.98 Å². The van der Waals surface area contributed by atoms with Crippen molar-refractivity contribution in [2.24, 2.45) is 5.41 Å². The molecule has 0 bridgehead atoms. The highest BCUT2D eigenvalue weighted by atomic mass is 32.2. The minimum Gasteiger partial charge on any atom is -0.493 e. The van der Waals surface area contributed by atoms with Gasteiger partial charge in [0.1, 0.15) is 5.75 Å². The topological polar surface area (TPSA) is 55.0 Å². The molecule has 0 radical (unpaired) electrons. The maximum atomic E-state index is 12.1. The van der Waals surface area contributed by atoms with Crippen LogP contribution in [0.5, 0.6) is 5.75 Å². The summed E-state index contributed by atoms with van der Waals surface area (Å²) in [6.45, 7) is 3.11. The Balaban J connectivity index is 1.53. The number of aromatic amines is 1. The first-order chi connectivity index (χ1) is 11.1. The standard InChI is InChI=1S/C18H24N2O2S/c1-18(9-3-2-4-10-18)14-22-16-7-5-15(6-8-16)13-23(21)17-19-11-12-20-17/h5-8,11-12H,2-4,9-10,13-14H2,1H3,(H,19,20). The molecule has 1 unspecified atom stereocenters. The van der Waals surface area contributed by atoms with Crippen molar-refractivity contribution in [3.8, 4) is 5.75 Å². The lowest BCUT2D eigenvalue weighted by Crippen LogP contribution is -2.27. The number of aromatic nitrogens is 2. The summed E-state index contributed by atoms with van der Waals surface area (Å²) >= 11 is 0. The van der Waals surface area contributed by atoms with Crippen LogP contribution >= 0.6 is 0 Å². The van der Waals surface area contributed by atoms with Crippen molar-refractivity contribution in [1.29, 1.82) is 0 Å². The van der Waals surface area contributed by atoms with Gasteiger partial charge in [0, 0.05) is 17.8 Å². The van der Waals surface area contributed by atoms with E-state index in [1.807, 2.05) is 24.3 Å². The molecule has 1 atom stereocenters. The summed E-state index contributed by atoms with van der Waals surface area (Å²) in [7, 11) is -1.13. The number of benzene rings is 1. The van der Waals surface area contributed by atoms with Gasteiger partial charge in [0.05, 0.1) is 23.2 Å². The van der Waals surface area contributed by atoms with Crippen LogP contribution in [0.1, 0.15) is 44.6 Å². The first kappa shape index (κ1) is 16.2. The molecular weight excluding hydrogens is 308 g/mol. The second kappa shape index (κ2) is 7.30. The van der Waals surface area contributed by atoms with Crippen molar-refractivity contribution in [3.05, 3.63) is 42.2 Å². The molecule has 0 saturated heterocycles. The highest BCUT2D eigenvalue weighted by molar-refractivity contribution is 7.84. The van der Waals surface area contributed by atoms with Crippen molar-refractivity contribution < 1.29 is 8.95 Å². The molecule has 23 heavy (non-hydrogen) atoms. The number of nitrogens with zero attached hydrogens (tertiary/aromatic N) is 1. The molecule has 1 heterocycles. The highest BCUT2D eigenvalue weighted by Gasteiger charge is 2.27. The van der Waals surface area contributed by atoms with Gasteiger partial charge in [0.25, 0.3) is 0 Å². The van der Waals surface area contributed by atoms with Crippen LogP contribution in [-0.4, -0.2) is 20.8 Å². The van der Waals surface area contributed by atoms with Crippen LogP contribution in [0.4, 0.5) is 0 Å². The number of rotatable bonds is 6. The van der Waals surface area contributed by atoms with E-state index in [2.05, 4.69) is 16.9 Å². The molecule has 1 aliphatic rings. The van der Waals surface area contributed by atoms with Crippen LogP contribution in [-0.2, 0) is 16.6 Å². The average molecular weight is 332 g/mol. The second-order valence-corrected chi connectivity index (χ2v) is 8.05. The molecule has 5 heteroatoms. The zero-order valence-electron chi connectivity index (χ0n) is 13.6. The predicted octanol–water partition coefficient (Wildman–Crippen LogP) is 4.07. The van der Waals surface area contributed by atoms with Crippen LogP contribution in [0.3, 0.4) is 0 Å². The summed E-state index contributed by atoms with van der Waals surface area (Å²) in [5.74, 6) is 1.36. The fraction of sp³-hybridized carbons (Fsp3) is 0.500. The Hall–Kier alpha value is -1.62. The summed E-state index contributed by atoms with van der Waals surface area (Å²) in [5, 5.41) is 0.524. The molecule has 1 fully saturated rings. The van der Waals surface area contributed by atoms with Crippen LogP contribution in [0, 0.1) is 5.41 Å². The smallest absolute Gasteiger partial charge is 0.196 e. The van der Waals surface area contributed by atoms with Gasteiger partial charge in [-0.3, -0.25) is 4.21 Å². The zero-order valence-corrected chi connectivity index (χ0v) is 14.4. The molecule has 1 aromatic carbocycles. The molecule has 0 spiro atoms. The summed E-state index contributed by atoms with van der Waals surface area (Å²) in [6, 6.07) is 7.92. The molecule has 0 aliphatic heterocycles. The van der Waals surface area contributed by atoms with Gasteiger partial charge in [-0.05, 0) is 30.5 Å². The van der Waals surface area contributed by atoms with E-state index in [4.69, 9.17) is 4.74 Å². The third-order valence-corrected chi connectivity index (χ3v) is 5.81. The molecule has 1 N–H and O–H groups in total. The molecule has 4 nitrogen and oxygen atoms in total. The van der Waals surface area contributed by atoms with Crippen molar-refractivity contribution in [2.45, 2.75) is 49.9 Å². The third kappa shape index (κ3) is 4.44. The lowest BCUT2D eigenvalue weighted by molar-refractivity contribution is 0.116. The maximum Gasteiger partial charge on any atom is 0.196 e. The van der Waals surface area contributed by atoms with Gasteiger partial charge in [0.2, 0.25) is 0 Å². The van der Waals surface area contributed by atoms with Crippen LogP contribution in [0.2, 0.25) is 0 Å². The van der Waals surface area contributed by atoms with Crippen molar-refractivity contribution in [1.82, 2.24) is 9.97 Å². The van der Waals surface area contributed by atoms with E-state index in [0.717, 1.165) is 17.9 Å². The Morgan fingerprint density at radius 1 is 1.22 bits per heavy atom. The van der Waals surface area contributed by atoms with E-state index < -0.39 is 10.8 Å². The first-order valence-electron chi connectivity index (χ1n) is 8.24. The normalized spacial score (nSPS) is 18.5. The molecule has 124 valence electrons. The first-order valence-corrected chi connectivity index (χ1v) is 9.56. The van der Waals surface area contributed by atoms with E-state index in [1.54, 1.807) is 12.4 Å². The number of ether oxygens (including phenoxy) is 1. The van der Waals surface area contributed by atoms with Crippen LogP contribution in [0.15, 0.2) is 41.8 Å². The summed E-state index contributed by atoms with van der Waals surface area (Å²) in [6.07, 6.45) is 9.82. The average Bonchev–Trinajstić information content (AvgIpc) is 3.10. The number of H-pyrrole nitrogens is 1. The van der Waals surface area contributed by atoms with Gasteiger partial charge in [-0.15, -0.1) is 0 Å². The predicted molar refractivity (Wildman–Crippen MR) is 91.8 cm³/mol. The maximum absolute atomic E-state index is 12.1. The third-order valence-electron chi connectivity index (χ3n) is 4.56. The van der Waals surface area contributed by atoms with Gasteiger partial charge < -0.3 is 9.72 Å². The van der Waals surface area contributed by atoms with Gasteiger partial charge >= 0.3 is 0 Å². The minimum atomic E-state index is -1.13. The molecule has 1 saturated carbocycles. The van der Waals surface area contributed by atoms with Gasteiger partial charge in [0.15, 0.2) is 5.16 Å². The highest BCUT2D eigenvalue weighted by Crippen LogP contribution is 2.36. The quantitative estimate of drug-likeness (QED) is 0.867. The Labute approximate surface area is 140 Å². The van der Waals surface area contributed by atoms with Gasteiger partial charge in [-0.2, -0.15) is 0 Å². The lowest BCUT2D eigenvalue weighted by atomic mass is 9.76. The Bertz CT molecular complexity index is 632. The summed E-state index contributed by atoms with van der Waals surface area (Å²) < 4.78 is 18.1. The molecule has 1 aliphatic carbocycles. The Morgan fingerprint density at radius 3 is 2.61 bits per heavy atom. The Morgan fingerprint density at radius 2 is 1.96 bits per heavy atom. The number of hydrogen-bond acceptors (Lipinski definition) is 3. The Kier molecular flexibility index (Phi) is 5.16. The van der Waals surface area contributed by atoms with Gasteiger partial charge in [-0.1, -0.05) is 38.3 Å². The fourth-order valence-corrected chi connectivity index (χ4v) is 4.09. The monoisotopic (exact) mass is 332 g/mol. The van der Waals surface area contributed by atoms with Crippen molar-refractivity contribution >= 4 is 10.8 Å². The largest absolute Gasteiger partial charge is 0.493 e. The fourth-order valence-electron chi connectivity index (χ4n) is 3.08. The zero-order chi connectivity index (χ0) is 16.1. The van der Waals surface area contributed by atoms with E-state index in [9.17, 15) is 4.21 Å². The summed E-state index contributed by atoms with van der Waals surface area (Å²) in [5.41, 5.74) is 1.34. The van der Waals surface area contributed by atoms with Crippen LogP contribution in [0.25, 0.3) is 0 Å². The second-order valence-electron chi connectivity index (χ2n) is 6.69. The number of imidazole rings is 1. The van der Waals surface area contributed by atoms with Crippen molar-refractivity contribution in [2.75, 3.05) is 6.61 Å². The number of hydrogen-bond donors (Lipinski definition) is 1. The SMILES string of the molecule is CC1(COc2ccc(CS(=O)c3ncc[nH]3)cc2)CCCCC1.